The van der Waals surface area contributed by atoms with Crippen LogP contribution in [0.1, 0.15) is 33.6 Å². The molecule has 1 aliphatic heterocycles. The van der Waals surface area contributed by atoms with E-state index in [0.717, 1.165) is 19.5 Å². The lowest BCUT2D eigenvalue weighted by Gasteiger charge is -2.39. The quantitative estimate of drug-likeness (QED) is 0.327. The molecule has 0 bridgehead atoms. The van der Waals surface area contributed by atoms with Gasteiger partial charge in [0.2, 0.25) is 0 Å². The van der Waals surface area contributed by atoms with Gasteiger partial charge in [0.15, 0.2) is 0 Å². The Labute approximate surface area is 97.2 Å². The van der Waals surface area contributed by atoms with Crippen LogP contribution in [-0.4, -0.2) is 47.3 Å². The summed E-state index contributed by atoms with van der Waals surface area (Å²) in [6.45, 7) is 8.13. The van der Waals surface area contributed by atoms with Crippen molar-refractivity contribution < 1.29 is 9.94 Å². The lowest BCUT2D eigenvalue weighted by Crippen LogP contribution is -2.50. The second-order valence-corrected chi connectivity index (χ2v) is 4.57. The fourth-order valence-corrected chi connectivity index (χ4v) is 2.33. The molecular formula is C11H23N3O2. The molecule has 1 rings (SSSR count). The number of hydrogen-bond acceptors (Lipinski definition) is 4. The highest BCUT2D eigenvalue weighted by atomic mass is 16.5. The predicted octanol–water partition coefficient (Wildman–Crippen LogP) is 1.01. The minimum atomic E-state index is 0.255. The summed E-state index contributed by atoms with van der Waals surface area (Å²) >= 11 is 0. The van der Waals surface area contributed by atoms with Crippen LogP contribution in [0.5, 0.6) is 0 Å². The van der Waals surface area contributed by atoms with E-state index in [0.29, 0.717) is 18.3 Å². The lowest BCUT2D eigenvalue weighted by molar-refractivity contribution is -0.0800. The molecule has 0 aromatic carbocycles. The molecule has 0 amide bonds. The van der Waals surface area contributed by atoms with Crippen LogP contribution in [0, 0.1) is 0 Å². The molecule has 94 valence electrons. The molecule has 0 radical (unpaired) electrons. The highest BCUT2D eigenvalue weighted by molar-refractivity contribution is 5.80. The van der Waals surface area contributed by atoms with Gasteiger partial charge in [0.05, 0.1) is 12.2 Å². The van der Waals surface area contributed by atoms with Crippen LogP contribution < -0.4 is 5.73 Å². The molecule has 1 saturated heterocycles. The zero-order valence-corrected chi connectivity index (χ0v) is 10.4. The van der Waals surface area contributed by atoms with Gasteiger partial charge < -0.3 is 15.7 Å². The van der Waals surface area contributed by atoms with Crippen molar-refractivity contribution in [3.05, 3.63) is 0 Å². The molecule has 0 aromatic rings. The maximum absolute atomic E-state index is 8.60. The molecule has 0 saturated carbocycles. The van der Waals surface area contributed by atoms with Gasteiger partial charge in [-0.1, -0.05) is 12.1 Å². The van der Waals surface area contributed by atoms with Crippen LogP contribution in [0.4, 0.5) is 0 Å². The number of ether oxygens (including phenoxy) is 1. The highest BCUT2D eigenvalue weighted by Gasteiger charge is 2.27. The number of nitrogens with zero attached hydrogens (tertiary/aromatic N) is 2. The van der Waals surface area contributed by atoms with Gasteiger partial charge in [-0.25, -0.2) is 0 Å². The van der Waals surface area contributed by atoms with E-state index >= 15 is 0 Å². The van der Waals surface area contributed by atoms with Gasteiger partial charge in [-0.2, -0.15) is 0 Å². The first-order valence-corrected chi connectivity index (χ1v) is 5.92. The Hall–Kier alpha value is -0.810. The van der Waals surface area contributed by atoms with E-state index in [9.17, 15) is 0 Å². The first-order valence-electron chi connectivity index (χ1n) is 5.92. The Morgan fingerprint density at radius 3 is 2.50 bits per heavy atom. The summed E-state index contributed by atoms with van der Waals surface area (Å²) in [5.41, 5.74) is 5.57. The van der Waals surface area contributed by atoms with Crippen molar-refractivity contribution in [1.29, 1.82) is 0 Å². The molecule has 1 heterocycles. The summed E-state index contributed by atoms with van der Waals surface area (Å²) in [5.74, 6) is 0.304. The van der Waals surface area contributed by atoms with Gasteiger partial charge in [-0.15, -0.1) is 0 Å². The van der Waals surface area contributed by atoms with Crippen molar-refractivity contribution in [3.8, 4) is 0 Å². The van der Waals surface area contributed by atoms with Crippen molar-refractivity contribution in [2.75, 3.05) is 13.1 Å². The predicted molar refractivity (Wildman–Crippen MR) is 63.7 cm³/mol. The van der Waals surface area contributed by atoms with Crippen LogP contribution in [0.3, 0.4) is 0 Å². The van der Waals surface area contributed by atoms with Gasteiger partial charge in [-0.05, 0) is 20.3 Å². The molecule has 3 N–H and O–H groups in total. The summed E-state index contributed by atoms with van der Waals surface area (Å²) in [7, 11) is 0. The molecule has 5 heteroatoms. The average molecular weight is 229 g/mol. The van der Waals surface area contributed by atoms with Crippen molar-refractivity contribution in [2.45, 2.75) is 51.9 Å². The van der Waals surface area contributed by atoms with Gasteiger partial charge >= 0.3 is 0 Å². The van der Waals surface area contributed by atoms with E-state index in [-0.39, 0.29) is 12.2 Å². The van der Waals surface area contributed by atoms with Crippen molar-refractivity contribution in [3.63, 3.8) is 0 Å². The minimum absolute atomic E-state index is 0.255. The summed E-state index contributed by atoms with van der Waals surface area (Å²) < 4.78 is 5.69. The molecule has 0 aliphatic carbocycles. The van der Waals surface area contributed by atoms with Gasteiger partial charge in [0, 0.05) is 25.6 Å². The maximum atomic E-state index is 8.60. The fourth-order valence-electron chi connectivity index (χ4n) is 2.33. The topological polar surface area (TPSA) is 71.1 Å². The fraction of sp³-hybridized carbons (Fsp3) is 0.909. The maximum Gasteiger partial charge on any atom is 0.140 e. The third kappa shape index (κ3) is 3.64. The van der Waals surface area contributed by atoms with Crippen LogP contribution >= 0.6 is 0 Å². The summed E-state index contributed by atoms with van der Waals surface area (Å²) in [6, 6.07) is 0.338. The molecule has 0 aromatic heterocycles. The van der Waals surface area contributed by atoms with E-state index in [4.69, 9.17) is 15.7 Å². The van der Waals surface area contributed by atoms with Crippen molar-refractivity contribution >= 4 is 5.84 Å². The minimum Gasteiger partial charge on any atom is -0.409 e. The van der Waals surface area contributed by atoms with E-state index in [1.165, 1.54) is 0 Å². The molecule has 16 heavy (non-hydrogen) atoms. The zero-order valence-electron chi connectivity index (χ0n) is 10.4. The molecule has 1 aliphatic rings. The normalized spacial score (nSPS) is 30.3. The van der Waals surface area contributed by atoms with Crippen molar-refractivity contribution in [2.24, 2.45) is 10.9 Å². The summed E-state index contributed by atoms with van der Waals surface area (Å²) in [6.07, 6.45) is 2.12. The van der Waals surface area contributed by atoms with E-state index < -0.39 is 0 Å². The Morgan fingerprint density at radius 2 is 2.06 bits per heavy atom. The average Bonchev–Trinajstić information content (AvgIpc) is 2.24. The molecule has 3 atom stereocenters. The van der Waals surface area contributed by atoms with Crippen LogP contribution in [-0.2, 0) is 4.74 Å². The molecule has 5 nitrogen and oxygen atoms in total. The number of nitrogens with two attached hydrogens (primary N) is 1. The first-order chi connectivity index (χ1) is 7.56. The Morgan fingerprint density at radius 1 is 1.50 bits per heavy atom. The lowest BCUT2D eigenvalue weighted by atomic mass is 10.1. The van der Waals surface area contributed by atoms with Crippen LogP contribution in [0.2, 0.25) is 0 Å². The second-order valence-electron chi connectivity index (χ2n) is 4.57. The van der Waals surface area contributed by atoms with Gasteiger partial charge in [-0.3, -0.25) is 4.90 Å². The van der Waals surface area contributed by atoms with Gasteiger partial charge in [0.1, 0.15) is 5.84 Å². The van der Waals surface area contributed by atoms with Crippen LogP contribution in [0.15, 0.2) is 5.16 Å². The molecular weight excluding hydrogens is 206 g/mol. The van der Waals surface area contributed by atoms with E-state index in [1.54, 1.807) is 0 Å². The first kappa shape index (κ1) is 13.3. The number of oxime groups is 1. The third-order valence-corrected chi connectivity index (χ3v) is 3.01. The SMILES string of the molecule is CCC(C/C(N)=N/O)N1CC(C)OC(C)C1. The summed E-state index contributed by atoms with van der Waals surface area (Å²) in [5, 5.41) is 11.6. The van der Waals surface area contributed by atoms with E-state index in [1.807, 2.05) is 0 Å². The molecule has 3 unspecified atom stereocenters. The van der Waals surface area contributed by atoms with Crippen molar-refractivity contribution in [1.82, 2.24) is 4.90 Å². The number of morpholine rings is 1. The summed E-state index contributed by atoms with van der Waals surface area (Å²) in [4.78, 5) is 2.37. The molecule has 1 fully saturated rings. The third-order valence-electron chi connectivity index (χ3n) is 3.01. The standard InChI is InChI=1S/C11H23N3O2/c1-4-10(5-11(12)13-15)14-6-8(2)16-9(3)7-14/h8-10,15H,4-7H2,1-3H3,(H2,12,13). The highest BCUT2D eigenvalue weighted by Crippen LogP contribution is 2.17. The number of amidine groups is 1. The molecule has 0 spiro atoms. The second kappa shape index (κ2) is 6.06. The largest absolute Gasteiger partial charge is 0.409 e. The Kier molecular flexibility index (Phi) is 5.02. The Balaban J connectivity index is 2.57. The van der Waals surface area contributed by atoms with Gasteiger partial charge in [0.25, 0.3) is 0 Å². The smallest absolute Gasteiger partial charge is 0.140 e. The van der Waals surface area contributed by atoms with Crippen LogP contribution in [0.25, 0.3) is 0 Å². The Bertz CT molecular complexity index is 235. The monoisotopic (exact) mass is 229 g/mol. The zero-order chi connectivity index (χ0) is 12.1. The number of hydrogen-bond donors (Lipinski definition) is 2. The van der Waals surface area contributed by atoms with E-state index in [2.05, 4.69) is 30.8 Å². The number of rotatable bonds is 4.